The second kappa shape index (κ2) is 10.8. The number of nitrogens with one attached hydrogen (secondary N) is 1. The van der Waals surface area contributed by atoms with Gasteiger partial charge in [0.1, 0.15) is 0 Å². The van der Waals surface area contributed by atoms with Crippen LogP contribution in [-0.2, 0) is 11.0 Å². The van der Waals surface area contributed by atoms with E-state index in [0.29, 0.717) is 18.8 Å². The molecule has 1 aliphatic rings. The van der Waals surface area contributed by atoms with Crippen LogP contribution in [0.5, 0.6) is 0 Å². The van der Waals surface area contributed by atoms with Crippen molar-refractivity contribution in [2.75, 3.05) is 48.7 Å². The lowest BCUT2D eigenvalue weighted by Crippen LogP contribution is -2.46. The van der Waals surface area contributed by atoms with Gasteiger partial charge in [-0.1, -0.05) is 49.0 Å². The van der Waals surface area contributed by atoms with Crippen molar-refractivity contribution in [3.63, 3.8) is 0 Å². The Labute approximate surface area is 205 Å². The molecule has 1 saturated heterocycles. The molecule has 180 valence electrons. The number of hydrogen-bond donors (Lipinski definition) is 1. The minimum atomic E-state index is -4.48. The van der Waals surface area contributed by atoms with Gasteiger partial charge in [0.05, 0.1) is 28.4 Å². The Morgan fingerprint density at radius 1 is 1.12 bits per heavy atom. The van der Waals surface area contributed by atoms with Crippen molar-refractivity contribution < 1.29 is 18.0 Å². The maximum absolute atomic E-state index is 13.3. The fourth-order valence-corrected chi connectivity index (χ4v) is 5.41. The molecule has 4 rings (SSSR count). The summed E-state index contributed by atoms with van der Waals surface area (Å²) in [4.78, 5) is 21.6. The van der Waals surface area contributed by atoms with Crippen molar-refractivity contribution in [2.24, 2.45) is 0 Å². The molecule has 0 spiro atoms. The zero-order valence-corrected chi connectivity index (χ0v) is 20.3. The molecule has 0 atom stereocenters. The first kappa shape index (κ1) is 24.6. The molecule has 0 radical (unpaired) electrons. The van der Waals surface area contributed by atoms with E-state index >= 15 is 0 Å². The third-order valence-electron chi connectivity index (χ3n) is 5.64. The van der Waals surface area contributed by atoms with Crippen LogP contribution in [-0.4, -0.2) is 54.3 Å². The van der Waals surface area contributed by atoms with Crippen molar-refractivity contribution in [2.45, 2.75) is 17.4 Å². The fourth-order valence-electron chi connectivity index (χ4n) is 3.77. The second-order valence-electron chi connectivity index (χ2n) is 7.85. The third-order valence-corrected chi connectivity index (χ3v) is 7.66. The number of benzene rings is 2. The Bertz CT molecular complexity index is 1110. The van der Waals surface area contributed by atoms with Crippen LogP contribution in [0.25, 0.3) is 11.3 Å². The number of hydrogen-bond acceptors (Lipinski definition) is 6. The summed E-state index contributed by atoms with van der Waals surface area (Å²) in [6.45, 7) is 6.06. The van der Waals surface area contributed by atoms with E-state index in [4.69, 9.17) is 0 Å². The lowest BCUT2D eigenvalue weighted by molar-refractivity contribution is -0.137. The summed E-state index contributed by atoms with van der Waals surface area (Å²) in [6.07, 6.45) is -4.48. The molecule has 0 bridgehead atoms. The zero-order chi connectivity index (χ0) is 24.1. The van der Waals surface area contributed by atoms with Gasteiger partial charge in [-0.25, -0.2) is 4.98 Å². The number of thiazole rings is 1. The molecule has 1 aliphatic heterocycles. The highest BCUT2D eigenvalue weighted by molar-refractivity contribution is 8.01. The quantitative estimate of drug-likeness (QED) is 0.417. The number of carbonyl (C=O) groups excluding carboxylic acids is 1. The zero-order valence-electron chi connectivity index (χ0n) is 18.6. The molecular weight excluding hydrogens is 481 g/mol. The predicted octanol–water partition coefficient (Wildman–Crippen LogP) is 5.70. The molecule has 0 unspecified atom stereocenters. The van der Waals surface area contributed by atoms with Crippen molar-refractivity contribution in [3.8, 4) is 11.3 Å². The van der Waals surface area contributed by atoms with Gasteiger partial charge in [-0.3, -0.25) is 4.79 Å². The van der Waals surface area contributed by atoms with Gasteiger partial charge in [0.25, 0.3) is 0 Å². The lowest BCUT2D eigenvalue weighted by Gasteiger charge is -2.36. The first-order valence-corrected chi connectivity index (χ1v) is 12.8. The van der Waals surface area contributed by atoms with Crippen molar-refractivity contribution in [1.82, 2.24) is 9.88 Å². The number of nitrogens with zero attached hydrogens (tertiary/aromatic N) is 3. The Morgan fingerprint density at radius 2 is 1.85 bits per heavy atom. The molecule has 2 heterocycles. The number of halogens is 3. The first-order valence-electron chi connectivity index (χ1n) is 11.0. The average molecular weight is 507 g/mol. The summed E-state index contributed by atoms with van der Waals surface area (Å²) in [5.41, 5.74) is 1.85. The van der Waals surface area contributed by atoms with Crippen LogP contribution in [0.2, 0.25) is 0 Å². The number of amides is 1. The monoisotopic (exact) mass is 506 g/mol. The van der Waals surface area contributed by atoms with E-state index in [9.17, 15) is 18.0 Å². The van der Waals surface area contributed by atoms with Crippen molar-refractivity contribution in [1.29, 1.82) is 0 Å². The highest BCUT2D eigenvalue weighted by atomic mass is 32.2. The standard InChI is InChI=1S/C24H25F3N4OS2/c1-2-30-10-12-31(13-11-30)21-9-8-18(24(25,26)27)14-19(21)28-22(32)16-34-23-29-20(15-33-23)17-6-4-3-5-7-17/h3-9,14-15H,2,10-13,16H2,1H3,(H,28,32). The van der Waals surface area contributed by atoms with Gasteiger partial charge in [-0.15, -0.1) is 11.3 Å². The number of alkyl halides is 3. The highest BCUT2D eigenvalue weighted by Crippen LogP contribution is 2.36. The highest BCUT2D eigenvalue weighted by Gasteiger charge is 2.32. The Kier molecular flexibility index (Phi) is 7.80. The predicted molar refractivity (Wildman–Crippen MR) is 133 cm³/mol. The van der Waals surface area contributed by atoms with Crippen LogP contribution in [0.1, 0.15) is 12.5 Å². The second-order valence-corrected chi connectivity index (χ2v) is 9.93. The fraction of sp³-hybridized carbons (Fsp3) is 0.333. The molecule has 5 nitrogen and oxygen atoms in total. The Balaban J connectivity index is 1.45. The normalized spacial score (nSPS) is 14.9. The van der Waals surface area contributed by atoms with Gasteiger partial charge in [0.15, 0.2) is 4.34 Å². The van der Waals surface area contributed by atoms with Gasteiger partial charge in [0.2, 0.25) is 5.91 Å². The van der Waals surface area contributed by atoms with E-state index in [1.165, 1.54) is 29.2 Å². The van der Waals surface area contributed by atoms with Crippen LogP contribution in [0.4, 0.5) is 24.5 Å². The Hall–Kier alpha value is -2.56. The van der Waals surface area contributed by atoms with Crippen LogP contribution < -0.4 is 10.2 Å². The summed E-state index contributed by atoms with van der Waals surface area (Å²) in [7, 11) is 0. The number of piperazine rings is 1. The molecular formula is C24H25F3N4OS2. The molecule has 0 saturated carbocycles. The summed E-state index contributed by atoms with van der Waals surface area (Å²) < 4.78 is 40.8. The van der Waals surface area contributed by atoms with E-state index in [2.05, 4.69) is 22.1 Å². The maximum Gasteiger partial charge on any atom is 0.416 e. The van der Waals surface area contributed by atoms with Gasteiger partial charge in [-0.05, 0) is 24.7 Å². The smallest absolute Gasteiger partial charge is 0.367 e. The van der Waals surface area contributed by atoms with Crippen molar-refractivity contribution >= 4 is 40.4 Å². The van der Waals surface area contributed by atoms with Gasteiger partial charge in [-0.2, -0.15) is 13.2 Å². The number of rotatable bonds is 7. The van der Waals surface area contributed by atoms with Crippen molar-refractivity contribution in [3.05, 3.63) is 59.5 Å². The van der Waals surface area contributed by atoms with Crippen LogP contribution in [0, 0.1) is 0 Å². The molecule has 34 heavy (non-hydrogen) atoms. The number of anilines is 2. The summed E-state index contributed by atoms with van der Waals surface area (Å²) in [6, 6.07) is 13.3. The largest absolute Gasteiger partial charge is 0.416 e. The molecule has 1 aromatic heterocycles. The minimum absolute atomic E-state index is 0.0566. The lowest BCUT2D eigenvalue weighted by atomic mass is 10.1. The number of aromatic nitrogens is 1. The summed E-state index contributed by atoms with van der Waals surface area (Å²) in [5, 5.41) is 4.64. The van der Waals surface area contributed by atoms with E-state index < -0.39 is 11.7 Å². The van der Waals surface area contributed by atoms with E-state index in [1.807, 2.05) is 40.6 Å². The molecule has 10 heteroatoms. The van der Waals surface area contributed by atoms with Gasteiger partial charge >= 0.3 is 6.18 Å². The molecule has 1 amide bonds. The van der Waals surface area contributed by atoms with Crippen LogP contribution >= 0.6 is 23.1 Å². The van der Waals surface area contributed by atoms with Gasteiger partial charge < -0.3 is 15.1 Å². The summed E-state index contributed by atoms with van der Waals surface area (Å²) in [5.74, 6) is -0.310. The number of thioether (sulfide) groups is 1. The molecule has 3 aromatic rings. The third kappa shape index (κ3) is 6.11. The first-order chi connectivity index (χ1) is 16.3. The molecule has 2 aromatic carbocycles. The number of carbonyl (C=O) groups is 1. The van der Waals surface area contributed by atoms with Crippen LogP contribution in [0.3, 0.4) is 0 Å². The van der Waals surface area contributed by atoms with E-state index in [1.54, 1.807) is 0 Å². The molecule has 0 aliphatic carbocycles. The SMILES string of the molecule is CCN1CCN(c2ccc(C(F)(F)F)cc2NC(=O)CSc2nc(-c3ccccc3)cs2)CC1. The minimum Gasteiger partial charge on any atom is -0.367 e. The maximum atomic E-state index is 13.3. The topological polar surface area (TPSA) is 48.5 Å². The van der Waals surface area contributed by atoms with Crippen LogP contribution in [0.15, 0.2) is 58.3 Å². The van der Waals surface area contributed by atoms with Gasteiger partial charge in [0, 0.05) is 37.1 Å². The van der Waals surface area contributed by atoms with E-state index in [0.717, 1.165) is 47.4 Å². The number of likely N-dealkylation sites (N-methyl/N-ethyl adjacent to an activating group) is 1. The summed E-state index contributed by atoms with van der Waals surface area (Å²) >= 11 is 2.71. The average Bonchev–Trinajstić information content (AvgIpc) is 3.32. The Morgan fingerprint density at radius 3 is 2.53 bits per heavy atom. The van der Waals surface area contributed by atoms with E-state index in [-0.39, 0.29) is 17.3 Å². The molecule has 1 N–H and O–H groups in total. The molecule has 1 fully saturated rings.